The van der Waals surface area contributed by atoms with Crippen LogP contribution in [-0.2, 0) is 6.54 Å². The van der Waals surface area contributed by atoms with Crippen LogP contribution in [0.3, 0.4) is 0 Å². The Morgan fingerprint density at radius 3 is 3.00 bits per heavy atom. The van der Waals surface area contributed by atoms with Crippen molar-refractivity contribution in [3.8, 4) is 0 Å². The quantitative estimate of drug-likeness (QED) is 0.838. The molecule has 1 saturated heterocycles. The normalized spacial score (nSPS) is 26.8. The molecule has 2 aliphatic rings. The molecular weight excluding hydrogens is 252 g/mol. The highest BCUT2D eigenvalue weighted by Gasteiger charge is 2.39. The molecule has 0 radical (unpaired) electrons. The maximum atomic E-state index is 10.1. The molecule has 1 saturated carbocycles. The van der Waals surface area contributed by atoms with Gasteiger partial charge < -0.3 is 10.0 Å². The van der Waals surface area contributed by atoms with Gasteiger partial charge in [-0.25, -0.2) is 0 Å². The minimum Gasteiger partial charge on any atom is -0.385 e. The van der Waals surface area contributed by atoms with E-state index in [9.17, 15) is 5.11 Å². The Morgan fingerprint density at radius 1 is 1.40 bits per heavy atom. The van der Waals surface area contributed by atoms with Gasteiger partial charge in [0.1, 0.15) is 6.10 Å². The molecule has 0 aromatic carbocycles. The summed E-state index contributed by atoms with van der Waals surface area (Å²) in [6.45, 7) is 7.50. The zero-order valence-corrected chi connectivity index (χ0v) is 12.2. The largest absolute Gasteiger partial charge is 0.385 e. The van der Waals surface area contributed by atoms with Crippen LogP contribution in [0.1, 0.15) is 51.0 Å². The fourth-order valence-corrected chi connectivity index (χ4v) is 3.74. The number of rotatable bonds is 5. The molecule has 1 aliphatic heterocycles. The van der Waals surface area contributed by atoms with Crippen molar-refractivity contribution in [3.63, 3.8) is 0 Å². The summed E-state index contributed by atoms with van der Waals surface area (Å²) in [6.07, 6.45) is 7.15. The van der Waals surface area contributed by atoms with Crippen LogP contribution in [0, 0.1) is 5.92 Å². The fourth-order valence-electron chi connectivity index (χ4n) is 3.74. The predicted molar refractivity (Wildman–Crippen MR) is 78.6 cm³/mol. The summed E-state index contributed by atoms with van der Waals surface area (Å²) >= 11 is 0. The average Bonchev–Trinajstić information content (AvgIpc) is 3.13. The van der Waals surface area contributed by atoms with Crippen molar-refractivity contribution in [2.24, 2.45) is 5.92 Å². The average molecular weight is 276 g/mol. The van der Waals surface area contributed by atoms with Crippen LogP contribution in [0.15, 0.2) is 12.7 Å². The second-order valence-electron chi connectivity index (χ2n) is 5.92. The molecule has 5 heteroatoms. The highest BCUT2D eigenvalue weighted by atomic mass is 16.3. The van der Waals surface area contributed by atoms with E-state index in [4.69, 9.17) is 0 Å². The third-order valence-corrected chi connectivity index (χ3v) is 4.77. The first-order valence-corrected chi connectivity index (χ1v) is 7.75. The zero-order chi connectivity index (χ0) is 14.1. The van der Waals surface area contributed by atoms with Gasteiger partial charge in [-0.1, -0.05) is 19.4 Å². The molecule has 3 rings (SSSR count). The molecule has 3 unspecified atom stereocenters. The van der Waals surface area contributed by atoms with E-state index in [0.717, 1.165) is 18.4 Å². The Bertz CT molecular complexity index is 484. The maximum absolute atomic E-state index is 10.1. The summed E-state index contributed by atoms with van der Waals surface area (Å²) < 4.78 is 2.03. The molecule has 0 amide bonds. The van der Waals surface area contributed by atoms with E-state index in [0.29, 0.717) is 24.8 Å². The second kappa shape index (κ2) is 5.56. The first-order valence-electron chi connectivity index (χ1n) is 7.75. The van der Waals surface area contributed by atoms with Crippen LogP contribution in [0.2, 0.25) is 0 Å². The lowest BCUT2D eigenvalue weighted by Crippen LogP contribution is -2.32. The van der Waals surface area contributed by atoms with Crippen LogP contribution >= 0.6 is 0 Å². The number of hydrogen-bond donors (Lipinski definition) is 1. The van der Waals surface area contributed by atoms with E-state index in [1.165, 1.54) is 25.7 Å². The second-order valence-corrected chi connectivity index (χ2v) is 5.92. The van der Waals surface area contributed by atoms with Crippen LogP contribution in [0.25, 0.3) is 0 Å². The summed E-state index contributed by atoms with van der Waals surface area (Å²) in [6, 6.07) is 0.620. The lowest BCUT2D eigenvalue weighted by Gasteiger charge is -2.25. The number of hydrogen-bond acceptors (Lipinski definition) is 4. The lowest BCUT2D eigenvalue weighted by molar-refractivity contribution is 0.159. The standard InChI is InChI=1S/C15H24N4O/c1-3-9-19-14(13(20)4-2)16-17-15(19)18-10-8-11-6-5-7-12(11)18/h3,11-13,20H,1,4-10H2,2H3. The van der Waals surface area contributed by atoms with Gasteiger partial charge in [-0.3, -0.25) is 4.57 Å². The van der Waals surface area contributed by atoms with Gasteiger partial charge in [0.05, 0.1) is 0 Å². The van der Waals surface area contributed by atoms with Crippen molar-refractivity contribution in [2.75, 3.05) is 11.4 Å². The minimum absolute atomic E-state index is 0.543. The molecule has 0 bridgehead atoms. The number of aromatic nitrogens is 3. The molecule has 1 N–H and O–H groups in total. The Labute approximate surface area is 120 Å². The van der Waals surface area contributed by atoms with E-state index in [1.807, 2.05) is 17.6 Å². The van der Waals surface area contributed by atoms with Gasteiger partial charge in [-0.2, -0.15) is 0 Å². The molecule has 1 aromatic rings. The summed E-state index contributed by atoms with van der Waals surface area (Å²) in [5, 5.41) is 18.7. The Kier molecular flexibility index (Phi) is 3.78. The van der Waals surface area contributed by atoms with Crippen molar-refractivity contribution in [1.29, 1.82) is 0 Å². The number of fused-ring (bicyclic) bond motifs is 1. The molecule has 2 heterocycles. The Hall–Kier alpha value is -1.36. The molecule has 110 valence electrons. The van der Waals surface area contributed by atoms with Crippen LogP contribution in [-0.4, -0.2) is 32.5 Å². The maximum Gasteiger partial charge on any atom is 0.227 e. The fraction of sp³-hybridized carbons (Fsp3) is 0.733. The summed E-state index contributed by atoms with van der Waals surface area (Å²) in [5.41, 5.74) is 0. The number of nitrogens with zero attached hydrogens (tertiary/aromatic N) is 4. The zero-order valence-electron chi connectivity index (χ0n) is 12.2. The highest BCUT2D eigenvalue weighted by molar-refractivity contribution is 5.37. The Morgan fingerprint density at radius 2 is 2.25 bits per heavy atom. The molecule has 5 nitrogen and oxygen atoms in total. The lowest BCUT2D eigenvalue weighted by atomic mass is 10.1. The number of aliphatic hydroxyl groups excluding tert-OH is 1. The summed E-state index contributed by atoms with van der Waals surface area (Å²) in [4.78, 5) is 2.40. The SMILES string of the molecule is C=CCn1c(C(O)CC)nnc1N1CCC2CCCC21. The van der Waals surface area contributed by atoms with Gasteiger partial charge in [0.2, 0.25) is 5.95 Å². The third kappa shape index (κ3) is 2.14. The molecule has 1 aromatic heterocycles. The van der Waals surface area contributed by atoms with Gasteiger partial charge in [-0.05, 0) is 31.6 Å². The molecule has 0 spiro atoms. The van der Waals surface area contributed by atoms with Gasteiger partial charge in [-0.15, -0.1) is 16.8 Å². The van der Waals surface area contributed by atoms with E-state index in [-0.39, 0.29) is 0 Å². The molecule has 1 aliphatic carbocycles. The minimum atomic E-state index is -0.543. The van der Waals surface area contributed by atoms with Crippen molar-refractivity contribution < 1.29 is 5.11 Å². The monoisotopic (exact) mass is 276 g/mol. The van der Waals surface area contributed by atoms with E-state index in [1.54, 1.807) is 0 Å². The molecule has 3 atom stereocenters. The third-order valence-electron chi connectivity index (χ3n) is 4.77. The van der Waals surface area contributed by atoms with Gasteiger partial charge in [0, 0.05) is 19.1 Å². The summed E-state index contributed by atoms with van der Waals surface area (Å²) in [5.74, 6) is 2.41. The van der Waals surface area contributed by atoms with Gasteiger partial charge in [0.15, 0.2) is 5.82 Å². The smallest absolute Gasteiger partial charge is 0.227 e. The first-order chi connectivity index (χ1) is 9.76. The van der Waals surface area contributed by atoms with Crippen LogP contribution in [0.4, 0.5) is 5.95 Å². The molecule has 20 heavy (non-hydrogen) atoms. The van der Waals surface area contributed by atoms with E-state index < -0.39 is 6.10 Å². The first kappa shape index (κ1) is 13.6. The van der Waals surface area contributed by atoms with E-state index in [2.05, 4.69) is 21.7 Å². The molecule has 2 fully saturated rings. The van der Waals surface area contributed by atoms with Gasteiger partial charge in [0.25, 0.3) is 0 Å². The highest BCUT2D eigenvalue weighted by Crippen LogP contribution is 2.40. The van der Waals surface area contributed by atoms with Gasteiger partial charge >= 0.3 is 0 Å². The number of anilines is 1. The van der Waals surface area contributed by atoms with Crippen molar-refractivity contribution in [3.05, 3.63) is 18.5 Å². The van der Waals surface area contributed by atoms with Crippen LogP contribution in [0.5, 0.6) is 0 Å². The van der Waals surface area contributed by atoms with Crippen molar-refractivity contribution >= 4 is 5.95 Å². The van der Waals surface area contributed by atoms with Crippen LogP contribution < -0.4 is 4.90 Å². The summed E-state index contributed by atoms with van der Waals surface area (Å²) in [7, 11) is 0. The van der Waals surface area contributed by atoms with E-state index >= 15 is 0 Å². The predicted octanol–water partition coefficient (Wildman–Crippen LogP) is 2.29. The molecular formula is C15H24N4O. The number of aliphatic hydroxyl groups is 1. The topological polar surface area (TPSA) is 54.2 Å². The Balaban J connectivity index is 1.92. The number of allylic oxidation sites excluding steroid dienone is 1. The van der Waals surface area contributed by atoms with Crippen molar-refractivity contribution in [2.45, 2.75) is 57.7 Å². The van der Waals surface area contributed by atoms with Crippen molar-refractivity contribution in [1.82, 2.24) is 14.8 Å².